The number of nitrogens with zero attached hydrogens (tertiary/aromatic N) is 2. The first-order valence-corrected chi connectivity index (χ1v) is 9.12. The van der Waals surface area contributed by atoms with Crippen LogP contribution in [0.3, 0.4) is 0 Å². The number of nitrogens with one attached hydrogen (secondary N) is 2. The third-order valence-electron chi connectivity index (χ3n) is 3.01. The van der Waals surface area contributed by atoms with Crippen LogP contribution in [0.1, 0.15) is 32.6 Å². The molecule has 2 amide bonds. The highest BCUT2D eigenvalue weighted by Crippen LogP contribution is 2.25. The number of anilines is 1. The molecule has 0 saturated carbocycles. The molecule has 1 unspecified atom stereocenters. The molecule has 1 aromatic rings. The second-order valence-electron chi connectivity index (χ2n) is 4.90. The molecule has 22 heavy (non-hydrogen) atoms. The standard InChI is InChI=1S/C13H20N4O3S2/c1-2-4-10(18)15-12-16-17-13(22-12)21-8-11(19)14-7-9-5-3-6-20-9/h9H,2-8H2,1H3,(H,14,19)(H,15,16,18). The van der Waals surface area contributed by atoms with Crippen molar-refractivity contribution in [3.63, 3.8) is 0 Å². The van der Waals surface area contributed by atoms with Crippen molar-refractivity contribution in [2.75, 3.05) is 24.2 Å². The van der Waals surface area contributed by atoms with Crippen molar-refractivity contribution in [3.05, 3.63) is 0 Å². The monoisotopic (exact) mass is 344 g/mol. The van der Waals surface area contributed by atoms with Gasteiger partial charge in [0.25, 0.3) is 0 Å². The minimum atomic E-state index is -0.0653. The van der Waals surface area contributed by atoms with E-state index in [9.17, 15) is 9.59 Å². The fourth-order valence-electron chi connectivity index (χ4n) is 1.94. The van der Waals surface area contributed by atoms with Crippen LogP contribution in [0.25, 0.3) is 0 Å². The summed E-state index contributed by atoms with van der Waals surface area (Å²) in [5.41, 5.74) is 0. The van der Waals surface area contributed by atoms with Crippen LogP contribution in [-0.4, -0.2) is 47.0 Å². The van der Waals surface area contributed by atoms with Gasteiger partial charge in [-0.15, -0.1) is 10.2 Å². The van der Waals surface area contributed by atoms with Crippen molar-refractivity contribution in [1.82, 2.24) is 15.5 Å². The number of aromatic nitrogens is 2. The lowest BCUT2D eigenvalue weighted by Gasteiger charge is -2.09. The maximum atomic E-state index is 11.7. The Morgan fingerprint density at radius 2 is 2.27 bits per heavy atom. The number of hydrogen-bond acceptors (Lipinski definition) is 7. The summed E-state index contributed by atoms with van der Waals surface area (Å²) in [5.74, 6) is 0.168. The maximum Gasteiger partial charge on any atom is 0.230 e. The van der Waals surface area contributed by atoms with Crippen molar-refractivity contribution in [3.8, 4) is 0 Å². The van der Waals surface area contributed by atoms with Crippen LogP contribution in [0.4, 0.5) is 5.13 Å². The smallest absolute Gasteiger partial charge is 0.230 e. The van der Waals surface area contributed by atoms with E-state index in [-0.39, 0.29) is 23.7 Å². The third-order valence-corrected chi connectivity index (χ3v) is 4.98. The number of ether oxygens (including phenoxy) is 1. The van der Waals surface area contributed by atoms with Crippen molar-refractivity contribution in [1.29, 1.82) is 0 Å². The number of thioether (sulfide) groups is 1. The highest BCUT2D eigenvalue weighted by molar-refractivity contribution is 8.01. The molecule has 0 radical (unpaired) electrons. The molecular weight excluding hydrogens is 324 g/mol. The summed E-state index contributed by atoms with van der Waals surface area (Å²) in [6.07, 6.45) is 3.47. The molecule has 2 heterocycles. The van der Waals surface area contributed by atoms with Crippen LogP contribution in [0.2, 0.25) is 0 Å². The van der Waals surface area contributed by atoms with E-state index in [1.165, 1.54) is 23.1 Å². The van der Waals surface area contributed by atoms with E-state index in [1.54, 1.807) is 0 Å². The van der Waals surface area contributed by atoms with Gasteiger partial charge in [0.05, 0.1) is 11.9 Å². The number of rotatable bonds is 8. The zero-order valence-electron chi connectivity index (χ0n) is 12.5. The van der Waals surface area contributed by atoms with Crippen molar-refractivity contribution >= 4 is 40.0 Å². The van der Waals surface area contributed by atoms with Crippen LogP contribution >= 0.6 is 23.1 Å². The molecule has 1 saturated heterocycles. The zero-order chi connectivity index (χ0) is 15.8. The lowest BCUT2D eigenvalue weighted by molar-refractivity contribution is -0.119. The lowest BCUT2D eigenvalue weighted by Crippen LogP contribution is -2.32. The van der Waals surface area contributed by atoms with Gasteiger partial charge in [-0.3, -0.25) is 9.59 Å². The summed E-state index contributed by atoms with van der Waals surface area (Å²) in [7, 11) is 0. The molecule has 0 bridgehead atoms. The van der Waals surface area contributed by atoms with Gasteiger partial charge in [0.15, 0.2) is 4.34 Å². The fraction of sp³-hybridized carbons (Fsp3) is 0.692. The average molecular weight is 344 g/mol. The van der Waals surface area contributed by atoms with E-state index < -0.39 is 0 Å². The Balaban J connectivity index is 1.66. The summed E-state index contributed by atoms with van der Waals surface area (Å²) in [5, 5.41) is 13.9. The van der Waals surface area contributed by atoms with Crippen LogP contribution in [0.15, 0.2) is 4.34 Å². The van der Waals surface area contributed by atoms with Crippen molar-refractivity contribution < 1.29 is 14.3 Å². The van der Waals surface area contributed by atoms with E-state index in [0.717, 1.165) is 25.9 Å². The van der Waals surface area contributed by atoms with Gasteiger partial charge in [0.2, 0.25) is 16.9 Å². The van der Waals surface area contributed by atoms with Gasteiger partial charge >= 0.3 is 0 Å². The Labute approximate surface area is 137 Å². The van der Waals surface area contributed by atoms with Crippen molar-refractivity contribution in [2.24, 2.45) is 0 Å². The molecule has 0 spiro atoms. The summed E-state index contributed by atoms with van der Waals surface area (Å²) < 4.78 is 6.11. The molecule has 1 aliphatic heterocycles. The summed E-state index contributed by atoms with van der Waals surface area (Å²) >= 11 is 2.59. The van der Waals surface area contributed by atoms with E-state index in [4.69, 9.17) is 4.74 Å². The summed E-state index contributed by atoms with van der Waals surface area (Å²) in [4.78, 5) is 23.2. The highest BCUT2D eigenvalue weighted by atomic mass is 32.2. The number of hydrogen-bond donors (Lipinski definition) is 2. The van der Waals surface area contributed by atoms with Gasteiger partial charge in [-0.2, -0.15) is 0 Å². The molecule has 2 N–H and O–H groups in total. The molecule has 1 atom stereocenters. The van der Waals surface area contributed by atoms with Gasteiger partial charge in [-0.25, -0.2) is 0 Å². The molecule has 2 rings (SSSR count). The molecule has 1 aliphatic rings. The number of carbonyl (C=O) groups is 2. The molecule has 7 nitrogen and oxygen atoms in total. The van der Waals surface area contributed by atoms with Gasteiger partial charge in [-0.05, 0) is 19.3 Å². The quantitative estimate of drug-likeness (QED) is 0.550. The van der Waals surface area contributed by atoms with Crippen LogP contribution in [0, 0.1) is 0 Å². The Kier molecular flexibility index (Phi) is 7.07. The molecule has 122 valence electrons. The highest BCUT2D eigenvalue weighted by Gasteiger charge is 2.16. The van der Waals surface area contributed by atoms with E-state index in [0.29, 0.717) is 22.4 Å². The Hall–Kier alpha value is -1.19. The zero-order valence-corrected chi connectivity index (χ0v) is 14.1. The van der Waals surface area contributed by atoms with Crippen molar-refractivity contribution in [2.45, 2.75) is 43.1 Å². The summed E-state index contributed by atoms with van der Waals surface area (Å²) in [6.45, 7) is 3.29. The van der Waals surface area contributed by atoms with Gasteiger partial charge in [0, 0.05) is 19.6 Å². The first kappa shape index (κ1) is 17.2. The van der Waals surface area contributed by atoms with Gasteiger partial charge in [-0.1, -0.05) is 30.0 Å². The predicted molar refractivity (Wildman–Crippen MR) is 86.2 cm³/mol. The second kappa shape index (κ2) is 9.06. The molecule has 0 aromatic carbocycles. The molecular formula is C13H20N4O3S2. The second-order valence-corrected chi connectivity index (χ2v) is 7.10. The molecule has 0 aliphatic carbocycles. The summed E-state index contributed by atoms with van der Waals surface area (Å²) in [6, 6.07) is 0. The Morgan fingerprint density at radius 3 is 3.00 bits per heavy atom. The van der Waals surface area contributed by atoms with Crippen LogP contribution in [-0.2, 0) is 14.3 Å². The Morgan fingerprint density at radius 1 is 1.41 bits per heavy atom. The number of carbonyl (C=O) groups excluding carboxylic acids is 2. The normalized spacial score (nSPS) is 17.4. The van der Waals surface area contributed by atoms with E-state index >= 15 is 0 Å². The minimum Gasteiger partial charge on any atom is -0.376 e. The largest absolute Gasteiger partial charge is 0.376 e. The Bertz CT molecular complexity index is 503. The topological polar surface area (TPSA) is 93.2 Å². The van der Waals surface area contributed by atoms with Crippen LogP contribution < -0.4 is 10.6 Å². The fourth-order valence-corrected chi connectivity index (χ4v) is 3.54. The number of amides is 2. The average Bonchev–Trinajstić information content (AvgIpc) is 3.14. The first-order chi connectivity index (χ1) is 10.7. The molecule has 1 aromatic heterocycles. The minimum absolute atomic E-state index is 0.0488. The van der Waals surface area contributed by atoms with E-state index in [1.807, 2.05) is 6.92 Å². The SMILES string of the molecule is CCCC(=O)Nc1nnc(SCC(=O)NCC2CCCO2)s1. The maximum absolute atomic E-state index is 11.7. The van der Waals surface area contributed by atoms with Crippen LogP contribution in [0.5, 0.6) is 0 Å². The third kappa shape index (κ3) is 5.90. The van der Waals surface area contributed by atoms with E-state index in [2.05, 4.69) is 20.8 Å². The first-order valence-electron chi connectivity index (χ1n) is 7.32. The lowest BCUT2D eigenvalue weighted by atomic mass is 10.2. The predicted octanol–water partition coefficient (Wildman–Crippen LogP) is 1.66. The molecule has 1 fully saturated rings. The molecule has 9 heteroatoms. The van der Waals surface area contributed by atoms with Gasteiger partial charge in [0.1, 0.15) is 0 Å². The van der Waals surface area contributed by atoms with Gasteiger partial charge < -0.3 is 15.4 Å².